The number of hydrogen-bond acceptors (Lipinski definition) is 2. The van der Waals surface area contributed by atoms with Gasteiger partial charge in [0.2, 0.25) is 5.91 Å². The van der Waals surface area contributed by atoms with Gasteiger partial charge in [0, 0.05) is 22.9 Å². The molecule has 0 aliphatic heterocycles. The van der Waals surface area contributed by atoms with Gasteiger partial charge in [0.25, 0.3) is 0 Å². The topological polar surface area (TPSA) is 46.9 Å². The molecule has 18 heavy (non-hydrogen) atoms. The molecule has 1 aliphatic rings. The predicted octanol–water partition coefficient (Wildman–Crippen LogP) is 2.36. The Hall–Kier alpha value is -1.55. The zero-order valence-electron chi connectivity index (χ0n) is 9.90. The second-order valence-corrected chi connectivity index (χ2v) is 5.10. The first-order valence-corrected chi connectivity index (χ1v) is 6.50. The average molecular weight is 264 g/mol. The highest BCUT2D eigenvalue weighted by Gasteiger charge is 2.22. The molecule has 4 nitrogen and oxygen atoms in total. The van der Waals surface area contributed by atoms with Crippen molar-refractivity contribution in [1.29, 1.82) is 0 Å². The summed E-state index contributed by atoms with van der Waals surface area (Å²) in [5.74, 6) is 0.100. The number of hydrogen-bond donors (Lipinski definition) is 1. The quantitative estimate of drug-likeness (QED) is 0.921. The summed E-state index contributed by atoms with van der Waals surface area (Å²) in [5, 5.41) is 8.98. The Balaban J connectivity index is 1.69. The lowest BCUT2D eigenvalue weighted by Crippen LogP contribution is -2.26. The molecule has 1 fully saturated rings. The molecule has 0 saturated heterocycles. The molecule has 0 atom stereocenters. The molecule has 94 valence electrons. The maximum Gasteiger partial charge on any atom is 0.222 e. The van der Waals surface area contributed by atoms with Crippen molar-refractivity contribution >= 4 is 28.4 Å². The minimum atomic E-state index is 0.100. The van der Waals surface area contributed by atoms with Crippen molar-refractivity contribution in [3.63, 3.8) is 0 Å². The molecule has 1 heterocycles. The Labute approximate surface area is 110 Å². The molecule has 5 heteroatoms. The number of carbonyl (C=O) groups is 1. The van der Waals surface area contributed by atoms with Gasteiger partial charge in [-0.05, 0) is 31.0 Å². The van der Waals surface area contributed by atoms with Crippen LogP contribution in [0.15, 0.2) is 24.4 Å². The van der Waals surface area contributed by atoms with Crippen molar-refractivity contribution in [2.24, 2.45) is 0 Å². The SMILES string of the molecule is O=C(CCn1ncc2ccc(Cl)cc21)NC1CC1. The fourth-order valence-corrected chi connectivity index (χ4v) is 2.12. The van der Waals surface area contributed by atoms with E-state index in [4.69, 9.17) is 11.6 Å². The molecule has 1 N–H and O–H groups in total. The van der Waals surface area contributed by atoms with Gasteiger partial charge in [-0.3, -0.25) is 9.48 Å². The van der Waals surface area contributed by atoms with E-state index in [9.17, 15) is 4.79 Å². The molecule has 1 aromatic carbocycles. The van der Waals surface area contributed by atoms with Crippen LogP contribution in [-0.4, -0.2) is 21.7 Å². The molecule has 0 spiro atoms. The van der Waals surface area contributed by atoms with E-state index in [1.165, 1.54) is 0 Å². The Kier molecular flexibility index (Phi) is 2.96. The number of nitrogens with zero attached hydrogens (tertiary/aromatic N) is 2. The van der Waals surface area contributed by atoms with E-state index in [2.05, 4.69) is 10.4 Å². The fourth-order valence-electron chi connectivity index (χ4n) is 1.96. The highest BCUT2D eigenvalue weighted by Crippen LogP contribution is 2.20. The highest BCUT2D eigenvalue weighted by molar-refractivity contribution is 6.31. The Morgan fingerprint density at radius 1 is 1.50 bits per heavy atom. The van der Waals surface area contributed by atoms with Gasteiger partial charge in [-0.25, -0.2) is 0 Å². The van der Waals surface area contributed by atoms with E-state index in [0.717, 1.165) is 23.7 Å². The average Bonchev–Trinajstić information content (AvgIpc) is 3.06. The van der Waals surface area contributed by atoms with Crippen LogP contribution in [0.25, 0.3) is 10.9 Å². The first kappa shape index (κ1) is 11.5. The van der Waals surface area contributed by atoms with Gasteiger partial charge in [0.15, 0.2) is 0 Å². The van der Waals surface area contributed by atoms with Crippen LogP contribution in [-0.2, 0) is 11.3 Å². The van der Waals surface area contributed by atoms with Gasteiger partial charge >= 0.3 is 0 Å². The van der Waals surface area contributed by atoms with Crippen LogP contribution < -0.4 is 5.32 Å². The number of rotatable bonds is 4. The Morgan fingerprint density at radius 3 is 3.11 bits per heavy atom. The summed E-state index contributed by atoms with van der Waals surface area (Å²) in [4.78, 5) is 11.6. The minimum Gasteiger partial charge on any atom is -0.353 e. The van der Waals surface area contributed by atoms with Gasteiger partial charge in [0.1, 0.15) is 0 Å². The number of fused-ring (bicyclic) bond motifs is 1. The van der Waals surface area contributed by atoms with Crippen LogP contribution in [0.4, 0.5) is 0 Å². The molecule has 2 aromatic rings. The zero-order chi connectivity index (χ0) is 12.5. The lowest BCUT2D eigenvalue weighted by atomic mass is 10.2. The number of nitrogens with one attached hydrogen (secondary N) is 1. The molecular formula is C13H14ClN3O. The Morgan fingerprint density at radius 2 is 2.33 bits per heavy atom. The van der Waals surface area contributed by atoms with Crippen molar-refractivity contribution in [2.45, 2.75) is 31.8 Å². The third kappa shape index (κ3) is 2.48. The van der Waals surface area contributed by atoms with E-state index < -0.39 is 0 Å². The minimum absolute atomic E-state index is 0.100. The molecular weight excluding hydrogens is 250 g/mol. The molecule has 1 aliphatic carbocycles. The fraction of sp³-hybridized carbons (Fsp3) is 0.385. The third-order valence-electron chi connectivity index (χ3n) is 3.10. The highest BCUT2D eigenvalue weighted by atomic mass is 35.5. The molecule has 0 radical (unpaired) electrons. The van der Waals surface area contributed by atoms with E-state index >= 15 is 0 Å². The van der Waals surface area contributed by atoms with Gasteiger partial charge in [-0.2, -0.15) is 5.10 Å². The number of aromatic nitrogens is 2. The van der Waals surface area contributed by atoms with Gasteiger partial charge in [-0.15, -0.1) is 0 Å². The standard InChI is InChI=1S/C13H14ClN3O/c14-10-2-1-9-8-15-17(12(9)7-10)6-5-13(18)16-11-3-4-11/h1-2,7-8,11H,3-6H2,(H,16,18). The normalized spacial score (nSPS) is 14.9. The molecule has 1 amide bonds. The number of carbonyl (C=O) groups excluding carboxylic acids is 1. The molecule has 1 aromatic heterocycles. The molecule has 3 rings (SSSR count). The van der Waals surface area contributed by atoms with Crippen LogP contribution in [0.2, 0.25) is 5.02 Å². The predicted molar refractivity (Wildman–Crippen MR) is 70.5 cm³/mol. The lowest BCUT2D eigenvalue weighted by molar-refractivity contribution is -0.121. The largest absolute Gasteiger partial charge is 0.353 e. The summed E-state index contributed by atoms with van der Waals surface area (Å²) in [6, 6.07) is 6.07. The van der Waals surface area contributed by atoms with E-state index in [-0.39, 0.29) is 5.91 Å². The number of halogens is 1. The van der Waals surface area contributed by atoms with Crippen molar-refractivity contribution < 1.29 is 4.79 Å². The smallest absolute Gasteiger partial charge is 0.222 e. The summed E-state index contributed by atoms with van der Waals surface area (Å²) in [6.45, 7) is 0.586. The first-order valence-electron chi connectivity index (χ1n) is 6.13. The monoisotopic (exact) mass is 263 g/mol. The lowest BCUT2D eigenvalue weighted by Gasteiger charge is -2.05. The van der Waals surface area contributed by atoms with Crippen LogP contribution in [0, 0.1) is 0 Å². The number of aryl methyl sites for hydroxylation is 1. The van der Waals surface area contributed by atoms with Gasteiger partial charge in [-0.1, -0.05) is 11.6 Å². The maximum absolute atomic E-state index is 11.6. The zero-order valence-corrected chi connectivity index (χ0v) is 10.7. The van der Waals surface area contributed by atoms with Crippen LogP contribution in [0.3, 0.4) is 0 Å². The summed E-state index contributed by atoms with van der Waals surface area (Å²) < 4.78 is 1.83. The third-order valence-corrected chi connectivity index (χ3v) is 3.33. The van der Waals surface area contributed by atoms with Crippen molar-refractivity contribution in [3.8, 4) is 0 Å². The van der Waals surface area contributed by atoms with E-state index in [1.54, 1.807) is 6.20 Å². The van der Waals surface area contributed by atoms with Gasteiger partial charge in [0.05, 0.1) is 18.3 Å². The van der Waals surface area contributed by atoms with Crippen LogP contribution in [0.1, 0.15) is 19.3 Å². The van der Waals surface area contributed by atoms with Crippen molar-refractivity contribution in [1.82, 2.24) is 15.1 Å². The molecule has 0 bridgehead atoms. The van der Waals surface area contributed by atoms with E-state index in [0.29, 0.717) is 24.0 Å². The second kappa shape index (κ2) is 4.61. The summed E-state index contributed by atoms with van der Waals surface area (Å²) in [7, 11) is 0. The van der Waals surface area contributed by atoms with Crippen LogP contribution >= 0.6 is 11.6 Å². The van der Waals surface area contributed by atoms with Crippen LogP contribution in [0.5, 0.6) is 0 Å². The maximum atomic E-state index is 11.6. The summed E-state index contributed by atoms with van der Waals surface area (Å²) in [5.41, 5.74) is 0.974. The second-order valence-electron chi connectivity index (χ2n) is 4.66. The summed E-state index contributed by atoms with van der Waals surface area (Å²) >= 11 is 5.97. The van der Waals surface area contributed by atoms with Crippen molar-refractivity contribution in [2.75, 3.05) is 0 Å². The van der Waals surface area contributed by atoms with Crippen molar-refractivity contribution in [3.05, 3.63) is 29.4 Å². The molecule has 1 saturated carbocycles. The van der Waals surface area contributed by atoms with Gasteiger partial charge < -0.3 is 5.32 Å². The Bertz CT molecular complexity index is 589. The van der Waals surface area contributed by atoms with E-state index in [1.807, 2.05) is 22.9 Å². The first-order chi connectivity index (χ1) is 8.72. The number of amides is 1. The molecule has 0 unspecified atom stereocenters. The number of benzene rings is 1. The summed E-state index contributed by atoms with van der Waals surface area (Å²) in [6.07, 6.45) is 4.49.